The summed E-state index contributed by atoms with van der Waals surface area (Å²) in [5.74, 6) is 0.547. The monoisotopic (exact) mass is 613 g/mol. The van der Waals surface area contributed by atoms with Crippen LogP contribution in [0.5, 0.6) is 5.75 Å². The summed E-state index contributed by atoms with van der Waals surface area (Å²) in [4.78, 5) is 16.8. The van der Waals surface area contributed by atoms with Crippen LogP contribution in [0, 0.1) is 0 Å². The van der Waals surface area contributed by atoms with Crippen molar-refractivity contribution in [2.24, 2.45) is 5.10 Å². The highest BCUT2D eigenvalue weighted by atomic mass is 79.9. The Hall–Kier alpha value is -4.21. The van der Waals surface area contributed by atoms with E-state index in [0.717, 1.165) is 25.4 Å². The second-order valence-corrected chi connectivity index (χ2v) is 12.1. The smallest absolute Gasteiger partial charge is 0.279 e. The van der Waals surface area contributed by atoms with Gasteiger partial charge in [0.25, 0.3) is 15.6 Å². The number of pyridine rings is 1. The van der Waals surface area contributed by atoms with Crippen LogP contribution in [0.3, 0.4) is 0 Å². The number of aromatic amines is 1. The quantitative estimate of drug-likeness (QED) is 0.236. The molecule has 0 fully saturated rings. The van der Waals surface area contributed by atoms with Gasteiger partial charge in [-0.05, 0) is 53.6 Å². The number of hydrogen-bond donors (Lipinski definition) is 1. The number of ether oxygens (including phenoxy) is 1. The van der Waals surface area contributed by atoms with E-state index in [4.69, 9.17) is 4.74 Å². The van der Waals surface area contributed by atoms with Gasteiger partial charge >= 0.3 is 0 Å². The van der Waals surface area contributed by atoms with Gasteiger partial charge in [-0.2, -0.15) is 17.9 Å². The van der Waals surface area contributed by atoms with E-state index in [-0.39, 0.29) is 16.9 Å². The minimum atomic E-state index is -4.07. The Labute approximate surface area is 239 Å². The fraction of sp³-hybridized carbons (Fsp3) is 0.0968. The first kappa shape index (κ1) is 26.0. The van der Waals surface area contributed by atoms with Gasteiger partial charge in [-0.1, -0.05) is 76.6 Å². The molecule has 1 aliphatic heterocycles. The normalized spacial score (nSPS) is 15.3. The standard InChI is InChI=1S/C31H24BrN3O4S/c1-39-23-13-15-24(16-14-23)40(37,38)35-28(20-8-4-2-5-9-20)19-27(34-35)30-29(21-10-6-3-7-11-21)25-18-22(32)12-17-26(25)33-31(30)36/h2-18,28H,19H2,1H3,(H,33,36). The molecule has 0 spiro atoms. The fourth-order valence-electron chi connectivity index (χ4n) is 5.09. The first-order valence-electron chi connectivity index (χ1n) is 12.6. The number of fused-ring (bicyclic) bond motifs is 1. The van der Waals surface area contributed by atoms with Gasteiger partial charge in [-0.25, -0.2) is 0 Å². The summed E-state index contributed by atoms with van der Waals surface area (Å²) >= 11 is 3.56. The Morgan fingerprint density at radius 1 is 0.900 bits per heavy atom. The number of H-pyrrole nitrogens is 1. The molecular weight excluding hydrogens is 590 g/mol. The van der Waals surface area contributed by atoms with Gasteiger partial charge in [-0.3, -0.25) is 4.79 Å². The van der Waals surface area contributed by atoms with E-state index >= 15 is 0 Å². The second-order valence-electron chi connectivity index (χ2n) is 9.39. The number of hydrogen-bond acceptors (Lipinski definition) is 5. The summed E-state index contributed by atoms with van der Waals surface area (Å²) in [6, 6.07) is 30.2. The molecule has 7 nitrogen and oxygen atoms in total. The minimum Gasteiger partial charge on any atom is -0.497 e. The van der Waals surface area contributed by atoms with Crippen LogP contribution in [-0.4, -0.2) is 30.6 Å². The average Bonchev–Trinajstić information content (AvgIpc) is 3.44. The van der Waals surface area contributed by atoms with Gasteiger partial charge in [0.15, 0.2) is 0 Å². The Balaban J connectivity index is 1.58. The predicted octanol–water partition coefficient (Wildman–Crippen LogP) is 6.51. The van der Waals surface area contributed by atoms with E-state index in [1.54, 1.807) is 12.1 Å². The molecule has 1 atom stereocenters. The van der Waals surface area contributed by atoms with Crippen molar-refractivity contribution in [3.8, 4) is 16.9 Å². The number of methoxy groups -OCH3 is 1. The zero-order chi connectivity index (χ0) is 27.9. The molecule has 2 heterocycles. The lowest BCUT2D eigenvalue weighted by molar-refractivity contribution is 0.371. The maximum absolute atomic E-state index is 14.0. The van der Waals surface area contributed by atoms with Gasteiger partial charge in [-0.15, -0.1) is 0 Å². The van der Waals surface area contributed by atoms with Crippen LogP contribution in [0.1, 0.15) is 23.6 Å². The molecule has 0 bridgehead atoms. The first-order chi connectivity index (χ1) is 19.4. The number of halogens is 1. The summed E-state index contributed by atoms with van der Waals surface area (Å²) in [6.45, 7) is 0. The zero-order valence-electron chi connectivity index (χ0n) is 21.4. The van der Waals surface area contributed by atoms with Crippen molar-refractivity contribution >= 4 is 42.6 Å². The Kier molecular flexibility index (Phi) is 6.77. The van der Waals surface area contributed by atoms with Gasteiger partial charge in [0, 0.05) is 27.4 Å². The molecular formula is C31H24BrN3O4S. The number of nitrogens with zero attached hydrogens (tertiary/aromatic N) is 2. The summed E-state index contributed by atoms with van der Waals surface area (Å²) in [6.07, 6.45) is 0.224. The summed E-state index contributed by atoms with van der Waals surface area (Å²) in [7, 11) is -2.55. The molecule has 0 aliphatic carbocycles. The molecule has 1 aliphatic rings. The summed E-state index contributed by atoms with van der Waals surface area (Å²) in [5.41, 5.74) is 3.41. The Bertz CT molecular complexity index is 1910. The molecule has 0 saturated heterocycles. The fourth-order valence-corrected chi connectivity index (χ4v) is 6.88. The number of aromatic nitrogens is 1. The van der Waals surface area contributed by atoms with Crippen molar-refractivity contribution in [1.29, 1.82) is 0 Å². The van der Waals surface area contributed by atoms with Crippen LogP contribution < -0.4 is 10.3 Å². The lowest BCUT2D eigenvalue weighted by Crippen LogP contribution is -2.27. The second kappa shape index (κ2) is 10.4. The molecule has 5 aromatic rings. The number of nitrogens with one attached hydrogen (secondary N) is 1. The van der Waals surface area contributed by atoms with Crippen LogP contribution in [0.2, 0.25) is 0 Å². The predicted molar refractivity (Wildman–Crippen MR) is 160 cm³/mol. The third kappa shape index (κ3) is 4.61. The van der Waals surface area contributed by atoms with Crippen LogP contribution in [0.4, 0.5) is 0 Å². The van der Waals surface area contributed by atoms with E-state index in [2.05, 4.69) is 26.0 Å². The van der Waals surface area contributed by atoms with Crippen LogP contribution in [-0.2, 0) is 10.0 Å². The van der Waals surface area contributed by atoms with Crippen molar-refractivity contribution in [3.63, 3.8) is 0 Å². The van der Waals surface area contributed by atoms with E-state index in [1.165, 1.54) is 19.2 Å². The van der Waals surface area contributed by atoms with E-state index in [9.17, 15) is 13.2 Å². The van der Waals surface area contributed by atoms with Crippen molar-refractivity contribution in [3.05, 3.63) is 129 Å². The van der Waals surface area contributed by atoms with Gasteiger partial charge in [0.05, 0.1) is 29.3 Å². The number of sulfonamides is 1. The lowest BCUT2D eigenvalue weighted by Gasteiger charge is -2.23. The molecule has 6 rings (SSSR count). The molecule has 0 amide bonds. The first-order valence-corrected chi connectivity index (χ1v) is 14.8. The van der Waals surface area contributed by atoms with Crippen LogP contribution >= 0.6 is 15.9 Å². The maximum Gasteiger partial charge on any atom is 0.279 e. The Morgan fingerprint density at radius 2 is 1.57 bits per heavy atom. The van der Waals surface area contributed by atoms with Crippen molar-refractivity contribution < 1.29 is 13.2 Å². The van der Waals surface area contributed by atoms with Crippen LogP contribution in [0.15, 0.2) is 122 Å². The highest BCUT2D eigenvalue weighted by molar-refractivity contribution is 9.10. The molecule has 0 saturated carbocycles. The molecule has 40 heavy (non-hydrogen) atoms. The number of rotatable bonds is 6. The van der Waals surface area contributed by atoms with Gasteiger partial charge < -0.3 is 9.72 Å². The maximum atomic E-state index is 14.0. The number of benzene rings is 4. The van der Waals surface area contributed by atoms with E-state index in [1.807, 2.05) is 78.9 Å². The molecule has 9 heteroatoms. The lowest BCUT2D eigenvalue weighted by atomic mass is 9.91. The third-order valence-corrected chi connectivity index (χ3v) is 9.18. The molecule has 1 unspecified atom stereocenters. The minimum absolute atomic E-state index is 0.0823. The molecule has 1 N–H and O–H groups in total. The van der Waals surface area contributed by atoms with Gasteiger partial charge in [0.1, 0.15) is 5.75 Å². The topological polar surface area (TPSA) is 91.8 Å². The zero-order valence-corrected chi connectivity index (χ0v) is 23.8. The molecule has 4 aromatic carbocycles. The molecule has 200 valence electrons. The Morgan fingerprint density at radius 3 is 2.25 bits per heavy atom. The van der Waals surface area contributed by atoms with Crippen LogP contribution in [0.25, 0.3) is 22.0 Å². The SMILES string of the molecule is COc1ccc(S(=O)(=O)N2N=C(c3c(-c4ccccc4)c4cc(Br)ccc4[nH]c3=O)CC2c2ccccc2)cc1. The average molecular weight is 615 g/mol. The van der Waals surface area contributed by atoms with Crippen molar-refractivity contribution in [2.75, 3.05) is 7.11 Å². The van der Waals surface area contributed by atoms with E-state index in [0.29, 0.717) is 28.1 Å². The van der Waals surface area contributed by atoms with Crippen molar-refractivity contribution in [1.82, 2.24) is 9.40 Å². The highest BCUT2D eigenvalue weighted by Gasteiger charge is 2.39. The van der Waals surface area contributed by atoms with Gasteiger partial charge in [0.2, 0.25) is 0 Å². The molecule has 0 radical (unpaired) electrons. The number of hydrazone groups is 1. The summed E-state index contributed by atoms with van der Waals surface area (Å²) in [5, 5.41) is 5.51. The van der Waals surface area contributed by atoms with Crippen molar-refractivity contribution in [2.45, 2.75) is 17.4 Å². The largest absolute Gasteiger partial charge is 0.497 e. The third-order valence-electron chi connectivity index (χ3n) is 6.99. The summed E-state index contributed by atoms with van der Waals surface area (Å²) < 4.78 is 35.2. The molecule has 1 aromatic heterocycles. The highest BCUT2D eigenvalue weighted by Crippen LogP contribution is 2.40. The van der Waals surface area contributed by atoms with E-state index < -0.39 is 16.1 Å².